The van der Waals surface area contributed by atoms with E-state index in [1.54, 1.807) is 0 Å². The summed E-state index contributed by atoms with van der Waals surface area (Å²) in [4.78, 5) is 10.9. The molecule has 0 bridgehead atoms. The number of rotatable bonds is 5. The first-order valence-corrected chi connectivity index (χ1v) is 5.92. The summed E-state index contributed by atoms with van der Waals surface area (Å²) in [5.74, 6) is -1.35. The number of thioether (sulfide) groups is 1. The predicted octanol–water partition coefficient (Wildman–Crippen LogP) is 3.66. The number of carbonyl (C=O) groups excluding carboxylic acids is 1. The van der Waals surface area contributed by atoms with Gasteiger partial charge >= 0.3 is 5.51 Å². The molecule has 2 nitrogen and oxygen atoms in total. The highest BCUT2D eigenvalue weighted by Gasteiger charge is 2.27. The van der Waals surface area contributed by atoms with Crippen molar-refractivity contribution in [2.24, 2.45) is 0 Å². The molecule has 18 heavy (non-hydrogen) atoms. The average Bonchev–Trinajstić information content (AvgIpc) is 2.22. The Morgan fingerprint density at radius 3 is 2.56 bits per heavy atom. The molecule has 1 aromatic rings. The minimum absolute atomic E-state index is 0.0768. The van der Waals surface area contributed by atoms with Gasteiger partial charge < -0.3 is 4.74 Å². The Kier molecular flexibility index (Phi) is 5.01. The molecular formula is C11H10F4O2S. The van der Waals surface area contributed by atoms with Gasteiger partial charge in [-0.1, -0.05) is 0 Å². The van der Waals surface area contributed by atoms with Gasteiger partial charge in [0.1, 0.15) is 11.6 Å². The van der Waals surface area contributed by atoms with Crippen LogP contribution in [-0.4, -0.2) is 23.7 Å². The highest BCUT2D eigenvalue weighted by atomic mass is 32.2. The lowest BCUT2D eigenvalue weighted by Crippen LogP contribution is -2.07. The number of hydrogen-bond donors (Lipinski definition) is 0. The third kappa shape index (κ3) is 4.95. The Morgan fingerprint density at radius 2 is 2.06 bits per heavy atom. The summed E-state index contributed by atoms with van der Waals surface area (Å²) in [6.45, 7) is 1.03. The summed E-state index contributed by atoms with van der Waals surface area (Å²) in [5.41, 5.74) is -4.38. The minimum atomic E-state index is -4.30. The first-order valence-electron chi connectivity index (χ1n) is 4.93. The van der Waals surface area contributed by atoms with Crippen LogP contribution >= 0.6 is 11.8 Å². The van der Waals surface area contributed by atoms with E-state index in [1.807, 2.05) is 0 Å². The highest BCUT2D eigenvalue weighted by Crippen LogP contribution is 2.29. The molecule has 0 aliphatic rings. The van der Waals surface area contributed by atoms with Gasteiger partial charge in [-0.15, -0.1) is 0 Å². The van der Waals surface area contributed by atoms with Crippen molar-refractivity contribution in [1.29, 1.82) is 0 Å². The molecule has 0 unspecified atom stereocenters. The normalized spacial score (nSPS) is 11.4. The van der Waals surface area contributed by atoms with E-state index in [0.717, 1.165) is 6.07 Å². The second-order valence-electron chi connectivity index (χ2n) is 3.34. The third-order valence-corrected chi connectivity index (χ3v) is 2.64. The predicted molar refractivity (Wildman–Crippen MR) is 60.4 cm³/mol. The van der Waals surface area contributed by atoms with E-state index in [4.69, 9.17) is 4.74 Å². The lowest BCUT2D eigenvalue weighted by atomic mass is 10.1. The van der Waals surface area contributed by atoms with Crippen molar-refractivity contribution in [2.75, 3.05) is 12.4 Å². The molecule has 0 aliphatic carbocycles. The Labute approximate surface area is 105 Å². The van der Waals surface area contributed by atoms with Gasteiger partial charge in [0.25, 0.3) is 0 Å². The van der Waals surface area contributed by atoms with E-state index in [9.17, 15) is 22.4 Å². The van der Waals surface area contributed by atoms with Crippen LogP contribution < -0.4 is 4.74 Å². The second-order valence-corrected chi connectivity index (χ2v) is 4.50. The fraction of sp³-hybridized carbons (Fsp3) is 0.364. The summed E-state index contributed by atoms with van der Waals surface area (Å²) in [7, 11) is 0. The average molecular weight is 282 g/mol. The van der Waals surface area contributed by atoms with Crippen molar-refractivity contribution < 1.29 is 27.1 Å². The zero-order valence-corrected chi connectivity index (χ0v) is 10.2. The Bertz CT molecular complexity index is 432. The fourth-order valence-corrected chi connectivity index (χ4v) is 1.59. The van der Waals surface area contributed by atoms with Crippen LogP contribution in [0.4, 0.5) is 17.6 Å². The van der Waals surface area contributed by atoms with Gasteiger partial charge in [-0.25, -0.2) is 4.39 Å². The molecule has 1 rings (SSSR count). The van der Waals surface area contributed by atoms with Crippen molar-refractivity contribution in [2.45, 2.75) is 12.4 Å². The van der Waals surface area contributed by atoms with Gasteiger partial charge in [0.05, 0.1) is 12.2 Å². The molecule has 0 saturated heterocycles. The quantitative estimate of drug-likeness (QED) is 0.468. The van der Waals surface area contributed by atoms with Gasteiger partial charge in [0, 0.05) is 11.8 Å². The first-order chi connectivity index (χ1) is 8.29. The number of ketones is 1. The Balaban J connectivity index is 2.49. The van der Waals surface area contributed by atoms with Gasteiger partial charge in [-0.3, -0.25) is 4.79 Å². The maximum atomic E-state index is 13.3. The molecule has 100 valence electrons. The molecule has 0 heterocycles. The number of carbonyl (C=O) groups is 1. The van der Waals surface area contributed by atoms with Crippen LogP contribution in [0.1, 0.15) is 17.3 Å². The van der Waals surface area contributed by atoms with E-state index in [1.165, 1.54) is 19.1 Å². The van der Waals surface area contributed by atoms with Gasteiger partial charge in [-0.05, 0) is 30.8 Å². The molecular weight excluding hydrogens is 272 g/mol. The van der Waals surface area contributed by atoms with Crippen LogP contribution in [0.3, 0.4) is 0 Å². The minimum Gasteiger partial charge on any atom is -0.493 e. The van der Waals surface area contributed by atoms with Crippen molar-refractivity contribution in [3.8, 4) is 5.75 Å². The number of benzene rings is 1. The van der Waals surface area contributed by atoms with E-state index >= 15 is 0 Å². The lowest BCUT2D eigenvalue weighted by Gasteiger charge is -2.08. The molecule has 0 saturated carbocycles. The van der Waals surface area contributed by atoms with Crippen LogP contribution in [0.5, 0.6) is 5.75 Å². The second kappa shape index (κ2) is 6.08. The first kappa shape index (κ1) is 14.8. The molecule has 1 aromatic carbocycles. The zero-order chi connectivity index (χ0) is 13.8. The number of ether oxygens (including phenoxy) is 1. The van der Waals surface area contributed by atoms with Crippen LogP contribution in [0, 0.1) is 5.82 Å². The van der Waals surface area contributed by atoms with E-state index in [2.05, 4.69) is 0 Å². The molecule has 7 heteroatoms. The maximum absolute atomic E-state index is 13.3. The molecule has 0 spiro atoms. The van der Waals surface area contributed by atoms with Crippen molar-refractivity contribution in [3.63, 3.8) is 0 Å². The summed E-state index contributed by atoms with van der Waals surface area (Å²) in [6, 6.07) is 3.57. The summed E-state index contributed by atoms with van der Waals surface area (Å²) in [5, 5.41) is 0. The number of halogens is 4. The standard InChI is InChI=1S/C11H10F4O2S/c1-7(16)9-3-2-8(6-10(9)12)17-4-5-18-11(13,14)15/h2-3,6H,4-5H2,1H3. The summed E-state index contributed by atoms with van der Waals surface area (Å²) in [6.07, 6.45) is 0. The Morgan fingerprint density at radius 1 is 1.39 bits per heavy atom. The summed E-state index contributed by atoms with van der Waals surface area (Å²) < 4.78 is 53.6. The van der Waals surface area contributed by atoms with Crippen molar-refractivity contribution >= 4 is 17.5 Å². The monoisotopic (exact) mass is 282 g/mol. The topological polar surface area (TPSA) is 26.3 Å². The molecule has 0 amide bonds. The van der Waals surface area contributed by atoms with Crippen LogP contribution in [-0.2, 0) is 0 Å². The third-order valence-electron chi connectivity index (χ3n) is 1.94. The maximum Gasteiger partial charge on any atom is 0.441 e. The van der Waals surface area contributed by atoms with E-state index < -0.39 is 17.1 Å². The molecule has 0 N–H and O–H groups in total. The van der Waals surface area contributed by atoms with Crippen LogP contribution in [0.25, 0.3) is 0 Å². The molecule has 0 fully saturated rings. The molecule has 0 aromatic heterocycles. The fourth-order valence-electron chi connectivity index (χ4n) is 1.19. The number of hydrogen-bond acceptors (Lipinski definition) is 3. The summed E-state index contributed by atoms with van der Waals surface area (Å²) >= 11 is -0.208. The number of alkyl halides is 3. The largest absolute Gasteiger partial charge is 0.493 e. The Hall–Kier alpha value is -1.24. The molecule has 0 aliphatic heterocycles. The smallest absolute Gasteiger partial charge is 0.441 e. The van der Waals surface area contributed by atoms with Crippen molar-refractivity contribution in [3.05, 3.63) is 29.6 Å². The molecule has 0 atom stereocenters. The lowest BCUT2D eigenvalue weighted by molar-refractivity contribution is -0.0329. The van der Waals surface area contributed by atoms with Crippen molar-refractivity contribution in [1.82, 2.24) is 0 Å². The van der Waals surface area contributed by atoms with Crippen LogP contribution in [0.2, 0.25) is 0 Å². The van der Waals surface area contributed by atoms with E-state index in [-0.39, 0.29) is 35.4 Å². The highest BCUT2D eigenvalue weighted by molar-refractivity contribution is 8.00. The van der Waals surface area contributed by atoms with Gasteiger partial charge in [0.15, 0.2) is 5.78 Å². The molecule has 0 radical (unpaired) electrons. The van der Waals surface area contributed by atoms with Crippen LogP contribution in [0.15, 0.2) is 18.2 Å². The van der Waals surface area contributed by atoms with Gasteiger partial charge in [-0.2, -0.15) is 13.2 Å². The van der Waals surface area contributed by atoms with Gasteiger partial charge in [0.2, 0.25) is 0 Å². The van der Waals surface area contributed by atoms with E-state index in [0.29, 0.717) is 0 Å². The number of Topliss-reactive ketones (excluding diaryl/α,β-unsaturated/α-hetero) is 1. The SMILES string of the molecule is CC(=O)c1ccc(OCCSC(F)(F)F)cc1F. The zero-order valence-electron chi connectivity index (χ0n) is 9.38.